The fourth-order valence-electron chi connectivity index (χ4n) is 3.89. The number of carbonyl (C=O) groups is 2. The average molecular weight is 285 g/mol. The summed E-state index contributed by atoms with van der Waals surface area (Å²) in [6, 6.07) is 5.76. The Hall–Kier alpha value is -2.18. The minimum atomic E-state index is -0.254. The molecule has 0 radical (unpaired) electrons. The van der Waals surface area contributed by atoms with Crippen LogP contribution in [0.15, 0.2) is 36.4 Å². The minimum Gasteiger partial charge on any atom is -0.733 e. The molecule has 4 rings (SSSR count). The molecule has 1 aromatic carbocycles. The number of hydrogen-bond donors (Lipinski definition) is 1. The second-order valence-electron chi connectivity index (χ2n) is 5.80. The quantitative estimate of drug-likeness (QED) is 0.508. The molecule has 2 fully saturated rings. The molecule has 0 unspecified atom stereocenters. The largest absolute Gasteiger partial charge is 0.733 e. The fourth-order valence-corrected chi connectivity index (χ4v) is 3.89. The zero-order valence-corrected chi connectivity index (χ0v) is 11.0. The molecule has 2 bridgehead atoms. The number of hydrogen-bond acceptors (Lipinski definition) is 5. The van der Waals surface area contributed by atoms with Gasteiger partial charge in [-0.25, -0.2) is 0 Å². The molecule has 1 saturated heterocycles. The van der Waals surface area contributed by atoms with Gasteiger partial charge in [-0.05, 0) is 42.5 Å². The third kappa shape index (κ3) is 1.60. The van der Waals surface area contributed by atoms with Crippen LogP contribution in [0.3, 0.4) is 0 Å². The van der Waals surface area contributed by atoms with E-state index < -0.39 is 0 Å². The summed E-state index contributed by atoms with van der Waals surface area (Å²) >= 11 is 0. The van der Waals surface area contributed by atoms with Crippen LogP contribution in [-0.2, 0) is 9.59 Å². The molecule has 6 nitrogen and oxygen atoms in total. The van der Waals surface area contributed by atoms with E-state index in [-0.39, 0.29) is 46.4 Å². The number of amides is 2. The lowest BCUT2D eigenvalue weighted by molar-refractivity contribution is -0.123. The van der Waals surface area contributed by atoms with E-state index in [1.807, 2.05) is 12.2 Å². The molecule has 2 aliphatic carbocycles. The summed E-state index contributed by atoms with van der Waals surface area (Å²) in [5.41, 5.74) is 0.504. The van der Waals surface area contributed by atoms with Gasteiger partial charge in [0.2, 0.25) is 11.8 Å². The first kappa shape index (κ1) is 12.6. The Balaban J connectivity index is 1.68. The van der Waals surface area contributed by atoms with Gasteiger partial charge in [-0.1, -0.05) is 12.2 Å². The Morgan fingerprint density at radius 2 is 1.57 bits per heavy atom. The van der Waals surface area contributed by atoms with Gasteiger partial charge in [-0.15, -0.1) is 0 Å². The minimum absolute atomic E-state index is 0.0553. The summed E-state index contributed by atoms with van der Waals surface area (Å²) in [5.74, 6) is -0.428. The Morgan fingerprint density at radius 3 is 2.05 bits per heavy atom. The highest BCUT2D eigenvalue weighted by Crippen LogP contribution is 2.53. The Morgan fingerprint density at radius 1 is 1.05 bits per heavy atom. The second-order valence-corrected chi connectivity index (χ2v) is 5.80. The lowest BCUT2D eigenvalue weighted by Gasteiger charge is -2.23. The van der Waals surface area contributed by atoms with Gasteiger partial charge in [0, 0.05) is 0 Å². The van der Waals surface area contributed by atoms with Crippen molar-refractivity contribution in [2.24, 2.45) is 23.7 Å². The molecular formula is C15H13N2O4-. The van der Waals surface area contributed by atoms with Gasteiger partial charge in [0.15, 0.2) is 0 Å². The van der Waals surface area contributed by atoms with E-state index in [9.17, 15) is 14.8 Å². The average Bonchev–Trinajstić information content (AvgIpc) is 3.13. The van der Waals surface area contributed by atoms with Crippen molar-refractivity contribution >= 4 is 23.2 Å². The topological polar surface area (TPSA) is 83.9 Å². The van der Waals surface area contributed by atoms with Crippen LogP contribution < -0.4 is 10.1 Å². The van der Waals surface area contributed by atoms with Gasteiger partial charge >= 0.3 is 0 Å². The summed E-state index contributed by atoms with van der Waals surface area (Å²) in [5, 5.41) is 19.3. The third-order valence-corrected chi connectivity index (χ3v) is 4.80. The van der Waals surface area contributed by atoms with E-state index >= 15 is 0 Å². The molecule has 3 aliphatic rings. The van der Waals surface area contributed by atoms with E-state index in [0.29, 0.717) is 5.69 Å². The van der Waals surface area contributed by atoms with Crippen molar-refractivity contribution in [1.29, 1.82) is 0 Å². The highest BCUT2D eigenvalue weighted by molar-refractivity contribution is 6.22. The van der Waals surface area contributed by atoms with E-state index in [0.717, 1.165) is 6.42 Å². The van der Waals surface area contributed by atoms with E-state index in [2.05, 4.69) is 0 Å². The maximum atomic E-state index is 12.6. The van der Waals surface area contributed by atoms with Gasteiger partial charge in [0.05, 0.1) is 23.2 Å². The SMILES string of the molecule is O=C1[C@H]2[C@H](C(=O)N1c1ccc(N([O-])O)cc1)[C@@H]1C=C[C@@H]2C1. The van der Waals surface area contributed by atoms with Crippen molar-refractivity contribution in [2.45, 2.75) is 6.42 Å². The number of fused-ring (bicyclic) bond motifs is 5. The van der Waals surface area contributed by atoms with Crippen molar-refractivity contribution < 1.29 is 14.8 Å². The van der Waals surface area contributed by atoms with Crippen molar-refractivity contribution in [1.82, 2.24) is 0 Å². The number of anilines is 2. The third-order valence-electron chi connectivity index (χ3n) is 4.80. The Kier molecular flexibility index (Phi) is 2.49. The summed E-state index contributed by atoms with van der Waals surface area (Å²) in [6.07, 6.45) is 4.99. The highest BCUT2D eigenvalue weighted by atomic mass is 16.8. The van der Waals surface area contributed by atoms with Gasteiger partial charge in [-0.2, -0.15) is 0 Å². The molecule has 4 atom stereocenters. The summed E-state index contributed by atoms with van der Waals surface area (Å²) in [7, 11) is 0. The smallest absolute Gasteiger partial charge is 0.238 e. The fraction of sp³-hybridized carbons (Fsp3) is 0.333. The van der Waals surface area contributed by atoms with Crippen molar-refractivity contribution in [3.8, 4) is 0 Å². The molecule has 1 N–H and O–H groups in total. The molecule has 2 amide bonds. The molecule has 1 heterocycles. The molecular weight excluding hydrogens is 272 g/mol. The van der Waals surface area contributed by atoms with Crippen LogP contribution in [0.1, 0.15) is 6.42 Å². The molecule has 1 aromatic rings. The summed E-state index contributed by atoms with van der Waals surface area (Å²) < 4.78 is 0. The van der Waals surface area contributed by atoms with Crippen molar-refractivity contribution in [3.63, 3.8) is 0 Å². The monoisotopic (exact) mass is 285 g/mol. The van der Waals surface area contributed by atoms with Crippen LogP contribution >= 0.6 is 0 Å². The standard InChI is InChI=1S/C15H13N2O4/c18-14-12-8-1-2-9(7-8)13(12)15(19)16(14)10-3-5-11(6-4-10)17(20)21/h1-6,8-9,12-13,20H,7H2/q-1/t8-,9-,12-,13-/m1/s1. The van der Waals surface area contributed by atoms with Crippen molar-refractivity contribution in [2.75, 3.05) is 10.1 Å². The normalized spacial score (nSPS) is 33.0. The summed E-state index contributed by atoms with van der Waals surface area (Å²) in [6.45, 7) is 0. The van der Waals surface area contributed by atoms with Crippen LogP contribution in [0.4, 0.5) is 11.4 Å². The maximum absolute atomic E-state index is 12.6. The van der Waals surface area contributed by atoms with Crippen LogP contribution in [0, 0.1) is 28.9 Å². The Labute approximate surface area is 120 Å². The number of nitrogens with zero attached hydrogens (tertiary/aromatic N) is 2. The second kappa shape index (κ2) is 4.16. The van der Waals surface area contributed by atoms with Crippen molar-refractivity contribution in [3.05, 3.63) is 41.6 Å². The molecule has 1 aliphatic heterocycles. The molecule has 0 aromatic heterocycles. The van der Waals surface area contributed by atoms with Crippen LogP contribution in [0.5, 0.6) is 0 Å². The van der Waals surface area contributed by atoms with Crippen LogP contribution in [0.25, 0.3) is 0 Å². The first-order valence-corrected chi connectivity index (χ1v) is 6.90. The van der Waals surface area contributed by atoms with Gasteiger partial charge in [-0.3, -0.25) is 19.7 Å². The number of allylic oxidation sites excluding steroid dienone is 2. The predicted molar refractivity (Wildman–Crippen MR) is 74.3 cm³/mol. The lowest BCUT2D eigenvalue weighted by atomic mass is 9.85. The first-order chi connectivity index (χ1) is 10.1. The highest BCUT2D eigenvalue weighted by Gasteiger charge is 2.59. The molecule has 1 saturated carbocycles. The van der Waals surface area contributed by atoms with Crippen LogP contribution in [0.2, 0.25) is 0 Å². The predicted octanol–water partition coefficient (Wildman–Crippen LogP) is 1.69. The molecule has 108 valence electrons. The van der Waals surface area contributed by atoms with E-state index in [4.69, 9.17) is 5.21 Å². The number of imide groups is 1. The van der Waals surface area contributed by atoms with Gasteiger partial charge < -0.3 is 10.4 Å². The zero-order valence-electron chi connectivity index (χ0n) is 11.0. The van der Waals surface area contributed by atoms with E-state index in [1.54, 1.807) is 0 Å². The lowest BCUT2D eigenvalue weighted by Crippen LogP contribution is -2.32. The number of carbonyl (C=O) groups excluding carboxylic acids is 2. The molecule has 0 spiro atoms. The number of rotatable bonds is 2. The zero-order chi connectivity index (χ0) is 14.7. The van der Waals surface area contributed by atoms with E-state index in [1.165, 1.54) is 29.2 Å². The first-order valence-electron chi connectivity index (χ1n) is 6.90. The molecule has 21 heavy (non-hydrogen) atoms. The van der Waals surface area contributed by atoms with Gasteiger partial charge in [0.1, 0.15) is 0 Å². The molecule has 6 heteroatoms. The Bertz CT molecular complexity index is 622. The summed E-state index contributed by atoms with van der Waals surface area (Å²) in [4.78, 5) is 26.3. The van der Waals surface area contributed by atoms with Crippen LogP contribution in [-0.4, -0.2) is 17.0 Å². The maximum Gasteiger partial charge on any atom is 0.238 e. The van der Waals surface area contributed by atoms with Gasteiger partial charge in [0.25, 0.3) is 0 Å². The number of benzene rings is 1.